The lowest BCUT2D eigenvalue weighted by molar-refractivity contribution is -0.127. The third kappa shape index (κ3) is 4.33. The van der Waals surface area contributed by atoms with Gasteiger partial charge in [0.15, 0.2) is 0 Å². The van der Waals surface area contributed by atoms with Gasteiger partial charge in [-0.2, -0.15) is 0 Å². The molecule has 1 atom stereocenters. The summed E-state index contributed by atoms with van der Waals surface area (Å²) in [6.07, 6.45) is 5.83. The molecule has 0 aliphatic carbocycles. The highest BCUT2D eigenvalue weighted by Crippen LogP contribution is 2.38. The van der Waals surface area contributed by atoms with Crippen LogP contribution in [0.25, 0.3) is 38.4 Å². The number of hydrogen-bond acceptors (Lipinski definition) is 3. The smallest absolute Gasteiger partial charge is 0.246 e. The first-order valence-electron chi connectivity index (χ1n) is 12.2. The Morgan fingerprint density at radius 3 is 2.76 bits per heavy atom. The first-order valence-corrected chi connectivity index (χ1v) is 12.2. The van der Waals surface area contributed by atoms with Crippen molar-refractivity contribution in [3.63, 3.8) is 0 Å². The molecule has 1 aromatic heterocycles. The molecule has 0 saturated carbocycles. The van der Waals surface area contributed by atoms with E-state index in [0.717, 1.165) is 58.5 Å². The first-order chi connectivity index (χ1) is 16.5. The van der Waals surface area contributed by atoms with E-state index in [4.69, 9.17) is 9.15 Å². The van der Waals surface area contributed by atoms with Gasteiger partial charge in [-0.15, -0.1) is 0 Å². The van der Waals surface area contributed by atoms with E-state index < -0.39 is 0 Å². The Hall–Kier alpha value is -3.53. The van der Waals surface area contributed by atoms with Crippen LogP contribution in [-0.2, 0) is 4.79 Å². The number of piperidine rings is 1. The van der Waals surface area contributed by atoms with E-state index in [1.54, 1.807) is 6.08 Å². The molecule has 2 heterocycles. The van der Waals surface area contributed by atoms with E-state index in [9.17, 15) is 4.79 Å². The highest BCUT2D eigenvalue weighted by molar-refractivity contribution is 6.01. The maximum atomic E-state index is 13.0. The number of nitrogens with zero attached hydrogens (tertiary/aromatic N) is 1. The average molecular weight is 454 g/mol. The number of fused-ring (bicyclic) bond motifs is 2. The zero-order chi connectivity index (χ0) is 23.7. The summed E-state index contributed by atoms with van der Waals surface area (Å²) in [7, 11) is 0. The Morgan fingerprint density at radius 2 is 1.97 bits per heavy atom. The molecule has 1 fully saturated rings. The minimum absolute atomic E-state index is 0.0774. The van der Waals surface area contributed by atoms with E-state index in [1.807, 2.05) is 31.1 Å². The molecule has 1 aliphatic rings. The summed E-state index contributed by atoms with van der Waals surface area (Å²) in [5, 5.41) is 3.42. The summed E-state index contributed by atoms with van der Waals surface area (Å²) in [6.45, 7) is 8.37. The van der Waals surface area contributed by atoms with Gasteiger partial charge in [-0.05, 0) is 66.6 Å². The number of hydrogen-bond donors (Lipinski definition) is 0. The SMILES string of the molecule is CCOc1cc2occ(-c3ccc4ccccc4c3)c2cc1/C(C)=C/C(=O)N1CCCC(C)C1. The quantitative estimate of drug-likeness (QED) is 0.297. The van der Waals surface area contributed by atoms with Gasteiger partial charge in [0.25, 0.3) is 0 Å². The predicted octanol–water partition coefficient (Wildman–Crippen LogP) is 7.31. The molecule has 0 bridgehead atoms. The Kier molecular flexibility index (Phi) is 6.14. The van der Waals surface area contributed by atoms with Gasteiger partial charge in [0.2, 0.25) is 5.91 Å². The Bertz CT molecular complexity index is 1380. The average Bonchev–Trinajstić information content (AvgIpc) is 3.26. The molecule has 0 radical (unpaired) electrons. The molecular weight excluding hydrogens is 422 g/mol. The molecule has 1 amide bonds. The van der Waals surface area contributed by atoms with Gasteiger partial charge in [0.1, 0.15) is 11.3 Å². The summed E-state index contributed by atoms with van der Waals surface area (Å²) in [6, 6.07) is 18.9. The van der Waals surface area contributed by atoms with Crippen molar-refractivity contribution in [3.05, 3.63) is 72.5 Å². The second kappa shape index (κ2) is 9.38. The van der Waals surface area contributed by atoms with Crippen LogP contribution in [0.15, 0.2) is 71.4 Å². The van der Waals surface area contributed by atoms with Crippen LogP contribution in [0.1, 0.15) is 39.2 Å². The van der Waals surface area contributed by atoms with Crippen LogP contribution in [0.3, 0.4) is 0 Å². The van der Waals surface area contributed by atoms with E-state index in [-0.39, 0.29) is 5.91 Å². The van der Waals surface area contributed by atoms with Crippen molar-refractivity contribution in [2.45, 2.75) is 33.6 Å². The fourth-order valence-corrected chi connectivity index (χ4v) is 4.96. The van der Waals surface area contributed by atoms with Crippen molar-refractivity contribution in [2.75, 3.05) is 19.7 Å². The van der Waals surface area contributed by atoms with Gasteiger partial charge >= 0.3 is 0 Å². The largest absolute Gasteiger partial charge is 0.493 e. The minimum atomic E-state index is 0.0774. The maximum absolute atomic E-state index is 13.0. The van der Waals surface area contributed by atoms with Gasteiger partial charge in [-0.3, -0.25) is 4.79 Å². The second-order valence-electron chi connectivity index (χ2n) is 9.35. The lowest BCUT2D eigenvalue weighted by atomic mass is 9.97. The number of allylic oxidation sites excluding steroid dienone is 1. The molecule has 1 unspecified atom stereocenters. The fraction of sp³-hybridized carbons (Fsp3) is 0.300. The molecular formula is C30H31NO3. The second-order valence-corrected chi connectivity index (χ2v) is 9.35. The van der Waals surface area contributed by atoms with Crippen LogP contribution >= 0.6 is 0 Å². The highest BCUT2D eigenvalue weighted by atomic mass is 16.5. The molecule has 4 heteroatoms. The number of carbonyl (C=O) groups is 1. The van der Waals surface area contributed by atoms with Gasteiger partial charge in [0.05, 0.1) is 12.9 Å². The van der Waals surface area contributed by atoms with E-state index in [2.05, 4.69) is 55.5 Å². The summed E-state index contributed by atoms with van der Waals surface area (Å²) in [5.74, 6) is 1.37. The van der Waals surface area contributed by atoms with Crippen molar-refractivity contribution < 1.29 is 13.9 Å². The lowest BCUT2D eigenvalue weighted by Gasteiger charge is -2.30. The topological polar surface area (TPSA) is 42.7 Å². The molecule has 0 N–H and O–H groups in total. The van der Waals surface area contributed by atoms with Crippen LogP contribution in [0, 0.1) is 5.92 Å². The number of furan rings is 1. The monoisotopic (exact) mass is 453 g/mol. The zero-order valence-electron chi connectivity index (χ0n) is 20.1. The van der Waals surface area contributed by atoms with Crippen LogP contribution in [-0.4, -0.2) is 30.5 Å². The Labute approximate surface area is 200 Å². The molecule has 1 saturated heterocycles. The van der Waals surface area contributed by atoms with E-state index in [1.165, 1.54) is 17.2 Å². The first kappa shape index (κ1) is 22.3. The normalized spacial score (nSPS) is 16.9. The maximum Gasteiger partial charge on any atom is 0.246 e. The molecule has 4 nitrogen and oxygen atoms in total. The fourth-order valence-electron chi connectivity index (χ4n) is 4.96. The van der Waals surface area contributed by atoms with Crippen LogP contribution in [0.2, 0.25) is 0 Å². The number of likely N-dealkylation sites (tertiary alicyclic amines) is 1. The van der Waals surface area contributed by atoms with Gasteiger partial charge in [0, 0.05) is 41.7 Å². The number of rotatable bonds is 5. The van der Waals surface area contributed by atoms with Gasteiger partial charge in [-0.25, -0.2) is 0 Å². The van der Waals surface area contributed by atoms with Crippen LogP contribution in [0.5, 0.6) is 5.75 Å². The van der Waals surface area contributed by atoms with Crippen molar-refractivity contribution in [1.82, 2.24) is 4.90 Å². The molecule has 0 spiro atoms. The Morgan fingerprint density at radius 1 is 1.15 bits per heavy atom. The number of benzene rings is 3. The minimum Gasteiger partial charge on any atom is -0.493 e. The molecule has 4 aromatic rings. The van der Waals surface area contributed by atoms with E-state index in [0.29, 0.717) is 12.5 Å². The van der Waals surface area contributed by atoms with Crippen molar-refractivity contribution in [1.29, 1.82) is 0 Å². The summed E-state index contributed by atoms with van der Waals surface area (Å²) < 4.78 is 11.9. The molecule has 5 rings (SSSR count). The molecule has 34 heavy (non-hydrogen) atoms. The number of ether oxygens (including phenoxy) is 1. The van der Waals surface area contributed by atoms with Crippen molar-refractivity contribution in [3.8, 4) is 16.9 Å². The third-order valence-corrected chi connectivity index (χ3v) is 6.77. The summed E-state index contributed by atoms with van der Waals surface area (Å²) in [4.78, 5) is 15.0. The number of amides is 1. The standard InChI is InChI=1S/C30H31NO3/c1-4-33-28-17-29-26(16-25(28)21(3)14-30(32)31-13-7-8-20(2)18-31)27(19-34-29)24-12-11-22-9-5-6-10-23(22)15-24/h5-6,9-12,14-17,19-20H,4,7-8,13,18H2,1-3H3/b21-14+. The van der Waals surface area contributed by atoms with Crippen molar-refractivity contribution >= 4 is 33.2 Å². The molecule has 3 aromatic carbocycles. The lowest BCUT2D eigenvalue weighted by Crippen LogP contribution is -2.38. The van der Waals surface area contributed by atoms with Gasteiger partial charge in [-0.1, -0.05) is 43.3 Å². The van der Waals surface area contributed by atoms with Gasteiger partial charge < -0.3 is 14.1 Å². The zero-order valence-corrected chi connectivity index (χ0v) is 20.1. The molecule has 1 aliphatic heterocycles. The summed E-state index contributed by atoms with van der Waals surface area (Å²) >= 11 is 0. The van der Waals surface area contributed by atoms with E-state index >= 15 is 0 Å². The Balaban J connectivity index is 1.56. The molecule has 174 valence electrons. The highest BCUT2D eigenvalue weighted by Gasteiger charge is 2.21. The number of carbonyl (C=O) groups excluding carboxylic acids is 1. The van der Waals surface area contributed by atoms with Crippen LogP contribution in [0.4, 0.5) is 0 Å². The summed E-state index contributed by atoms with van der Waals surface area (Å²) in [5.41, 5.74) is 4.75. The van der Waals surface area contributed by atoms with Crippen LogP contribution < -0.4 is 4.74 Å². The predicted molar refractivity (Wildman–Crippen MR) is 139 cm³/mol. The third-order valence-electron chi connectivity index (χ3n) is 6.77. The van der Waals surface area contributed by atoms with Crippen molar-refractivity contribution in [2.24, 2.45) is 5.92 Å².